The van der Waals surface area contributed by atoms with Gasteiger partial charge in [-0.1, -0.05) is 12.2 Å². The van der Waals surface area contributed by atoms with Crippen molar-refractivity contribution in [3.8, 4) is 0 Å². The van der Waals surface area contributed by atoms with Crippen LogP contribution in [0, 0.1) is 0 Å². The Morgan fingerprint density at radius 1 is 1.07 bits per heavy atom. The number of nitrogens with one attached hydrogen (secondary N) is 1. The summed E-state index contributed by atoms with van der Waals surface area (Å²) < 4.78 is 48.2. The predicted molar refractivity (Wildman–Crippen MR) is 169 cm³/mol. The van der Waals surface area contributed by atoms with Crippen molar-refractivity contribution in [2.75, 3.05) is 24.7 Å². The van der Waals surface area contributed by atoms with E-state index >= 15 is 4.39 Å². The number of aromatic amines is 1. The molecule has 0 amide bonds. The van der Waals surface area contributed by atoms with Gasteiger partial charge in [0.2, 0.25) is 11.6 Å². The molecule has 0 spiro atoms. The van der Waals surface area contributed by atoms with Crippen LogP contribution in [0.5, 0.6) is 0 Å². The van der Waals surface area contributed by atoms with E-state index in [1.54, 1.807) is 0 Å². The van der Waals surface area contributed by atoms with Crippen molar-refractivity contribution in [3.63, 3.8) is 0 Å². The number of H-pyrrole nitrogens is 1. The van der Waals surface area contributed by atoms with E-state index in [1.807, 2.05) is 0 Å². The highest BCUT2D eigenvalue weighted by Gasteiger charge is 2.52. The molecule has 2 bridgehead atoms. The number of hydrogen-bond donors (Lipinski definition) is 6. The molecule has 4 aromatic heterocycles. The summed E-state index contributed by atoms with van der Waals surface area (Å²) in [5.74, 6) is -0.0644. The molecule has 0 aromatic carbocycles. The molecular weight excluding hydrogens is 717 g/mol. The third-order valence-electron chi connectivity index (χ3n) is 7.28. The van der Waals surface area contributed by atoms with Gasteiger partial charge >= 0.3 is 6.72 Å². The number of hydrogen-bond acceptors (Lipinski definition) is 17. The van der Waals surface area contributed by atoms with E-state index in [0.29, 0.717) is 0 Å². The van der Waals surface area contributed by atoms with Crippen LogP contribution in [0.25, 0.3) is 22.3 Å². The number of aliphatic hydroxyl groups is 1. The molecule has 7 N–H and O–H groups in total. The highest BCUT2D eigenvalue weighted by Crippen LogP contribution is 2.60. The van der Waals surface area contributed by atoms with Gasteiger partial charge in [0, 0.05) is 0 Å². The highest BCUT2D eigenvalue weighted by atomic mass is 32.9. The minimum atomic E-state index is -4.16. The number of anilines is 2. The van der Waals surface area contributed by atoms with Crippen molar-refractivity contribution in [1.82, 2.24) is 39.0 Å². The Morgan fingerprint density at radius 3 is 2.62 bits per heavy atom. The number of nitrogens with zero attached hydrogens (tertiary/aromatic N) is 7. The summed E-state index contributed by atoms with van der Waals surface area (Å²) in [5.41, 5.74) is 8.11. The summed E-state index contributed by atoms with van der Waals surface area (Å²) in [5, 5.41) is 9.70. The molecular formula is C20H23FN10O8P2S4. The van der Waals surface area contributed by atoms with Crippen LogP contribution in [0.1, 0.15) is 11.6 Å². The first-order valence-corrected chi connectivity index (χ1v) is 20.2. The minimum Gasteiger partial charge on any atom is -0.389 e. The molecule has 2 unspecified atom stereocenters. The number of aliphatic hydroxyl groups excluding tert-OH is 1. The zero-order valence-electron chi connectivity index (χ0n) is 22.3. The van der Waals surface area contributed by atoms with E-state index in [2.05, 4.69) is 42.2 Å². The van der Waals surface area contributed by atoms with Gasteiger partial charge in [-0.25, -0.2) is 24.3 Å². The molecule has 242 valence electrons. The average molecular weight is 741 g/mol. The van der Waals surface area contributed by atoms with Crippen molar-refractivity contribution in [1.29, 1.82) is 0 Å². The number of thioether (sulfide) groups is 1. The first kappa shape index (κ1) is 31.7. The molecule has 3 aliphatic rings. The highest BCUT2D eigenvalue weighted by molar-refractivity contribution is 8.60. The van der Waals surface area contributed by atoms with Crippen molar-refractivity contribution < 1.29 is 37.2 Å². The standard InChI is InChI=1S/C20H23FN10O8P2S4/c21-8-12-6(37-18(8)30-4-26-9-14(22)24-3-25-15(9)30)1-35-40(34,42)38-13-11(32)7(2-36-41(43,44)39-12)45-19(13)31-5-27-10-16(31)28-20(23)29-17(10)33/h3-8,11-13,18-19,32H,1-2H2,(H,34,42)(H,43,44)(H2,22,24,25)(H3,23,28,29,33)/t6-,7-,8+,11-,12-,13-,18-,19-,40?/m1/s1. The Labute approximate surface area is 271 Å². The van der Waals surface area contributed by atoms with Crippen LogP contribution < -0.4 is 17.0 Å². The molecule has 0 aliphatic carbocycles. The molecule has 0 radical (unpaired) electrons. The Balaban J connectivity index is 1.21. The lowest BCUT2D eigenvalue weighted by Crippen LogP contribution is -2.35. The van der Waals surface area contributed by atoms with Gasteiger partial charge in [-0.3, -0.25) is 23.4 Å². The molecule has 7 rings (SSSR count). The summed E-state index contributed by atoms with van der Waals surface area (Å²) in [6, 6.07) is 0. The second-order valence-electron chi connectivity index (χ2n) is 10.1. The van der Waals surface area contributed by atoms with Gasteiger partial charge in [0.05, 0.1) is 37.2 Å². The van der Waals surface area contributed by atoms with Gasteiger partial charge in [-0.2, -0.15) is 4.98 Å². The van der Waals surface area contributed by atoms with Gasteiger partial charge in [-0.15, -0.1) is 11.8 Å². The maximum atomic E-state index is 16.1. The maximum Gasteiger partial charge on any atom is 0.325 e. The van der Waals surface area contributed by atoms with Crippen LogP contribution in [-0.4, -0.2) is 98.1 Å². The van der Waals surface area contributed by atoms with Crippen LogP contribution in [0.2, 0.25) is 0 Å². The zero-order chi connectivity index (χ0) is 31.8. The fourth-order valence-electron chi connectivity index (χ4n) is 5.26. The monoisotopic (exact) mass is 740 g/mol. The first-order valence-electron chi connectivity index (χ1n) is 12.9. The van der Waals surface area contributed by atoms with Crippen molar-refractivity contribution >= 4 is 94.1 Å². The minimum absolute atomic E-state index is 0.00865. The maximum absolute atomic E-state index is 16.1. The molecule has 0 saturated carbocycles. The molecule has 25 heteroatoms. The van der Waals surface area contributed by atoms with Crippen LogP contribution in [0.3, 0.4) is 0 Å². The van der Waals surface area contributed by atoms with E-state index in [-0.39, 0.29) is 40.7 Å². The fraction of sp³-hybridized carbons (Fsp3) is 0.500. The van der Waals surface area contributed by atoms with Gasteiger partial charge in [0.1, 0.15) is 35.5 Å². The third kappa shape index (κ3) is 5.81. The lowest BCUT2D eigenvalue weighted by atomic mass is 10.1. The lowest BCUT2D eigenvalue weighted by molar-refractivity contribution is -0.0442. The third-order valence-corrected chi connectivity index (χ3v) is 12.6. The summed E-state index contributed by atoms with van der Waals surface area (Å²) in [7, 11) is 0. The Bertz CT molecular complexity index is 1950. The summed E-state index contributed by atoms with van der Waals surface area (Å²) >= 11 is 16.4. The molecule has 18 nitrogen and oxygen atoms in total. The molecule has 7 heterocycles. The van der Waals surface area contributed by atoms with E-state index in [9.17, 15) is 14.8 Å². The first-order chi connectivity index (χ1) is 21.3. The Morgan fingerprint density at radius 2 is 1.82 bits per heavy atom. The van der Waals surface area contributed by atoms with Gasteiger partial charge in [0.25, 0.3) is 5.56 Å². The normalized spacial score (nSPS) is 37.7. The molecule has 3 aliphatic heterocycles. The summed E-state index contributed by atoms with van der Waals surface area (Å²) in [6.45, 7) is -4.89. The number of thiol groups is 1. The zero-order valence-corrected chi connectivity index (χ0v) is 27.5. The number of ether oxygens (including phenoxy) is 1. The van der Waals surface area contributed by atoms with Crippen LogP contribution >= 0.6 is 36.4 Å². The second-order valence-corrected chi connectivity index (χ2v) is 19.5. The van der Waals surface area contributed by atoms with Crippen molar-refractivity contribution in [2.45, 2.75) is 47.4 Å². The molecule has 4 aromatic rings. The quantitative estimate of drug-likeness (QED) is 0.121. The van der Waals surface area contributed by atoms with Gasteiger partial charge < -0.3 is 39.8 Å². The number of nitrogen functional groups attached to an aromatic ring is 2. The smallest absolute Gasteiger partial charge is 0.325 e. The number of nitrogens with two attached hydrogens (primary N) is 2. The van der Waals surface area contributed by atoms with Crippen molar-refractivity contribution in [3.05, 3.63) is 29.3 Å². The number of fused-ring (bicyclic) bond motifs is 5. The topological polar surface area (TPSA) is 246 Å². The van der Waals surface area contributed by atoms with Gasteiger partial charge in [-0.05, 0) is 23.6 Å². The predicted octanol–water partition coefficient (Wildman–Crippen LogP) is 0.523. The second kappa shape index (κ2) is 11.7. The van der Waals surface area contributed by atoms with Gasteiger partial charge in [0.15, 0.2) is 35.0 Å². The largest absolute Gasteiger partial charge is 0.389 e. The Kier molecular flexibility index (Phi) is 8.24. The fourth-order valence-corrected chi connectivity index (χ4v) is 10.3. The SMILES string of the molecule is Nc1nc2c(ncn2[C@@H]2S[C@@H]3COP(=S)(S)O[C@H]4[C@H](F)[C@H](n5cnc6c(N)ncnc65)O[C@@H]4COP(O)(=S)O[C@@H]2[C@@H]3O)c(=O)[nH]1. The number of halogens is 1. The number of rotatable bonds is 2. The van der Waals surface area contributed by atoms with Crippen molar-refractivity contribution in [2.24, 2.45) is 0 Å². The van der Waals surface area contributed by atoms with Crippen LogP contribution in [0.15, 0.2) is 23.8 Å². The van der Waals surface area contributed by atoms with E-state index < -0.39 is 72.0 Å². The number of imidazole rings is 2. The Hall–Kier alpha value is -1.85. The molecule has 10 atom stereocenters. The average Bonchev–Trinajstić information content (AvgIpc) is 3.72. The lowest BCUT2D eigenvalue weighted by Gasteiger charge is -2.28. The molecule has 3 fully saturated rings. The number of alkyl halides is 1. The molecule has 3 saturated heterocycles. The van der Waals surface area contributed by atoms with E-state index in [4.69, 9.17) is 57.9 Å². The van der Waals surface area contributed by atoms with Crippen LogP contribution in [-0.2, 0) is 46.4 Å². The number of aromatic nitrogens is 8. The van der Waals surface area contributed by atoms with Crippen LogP contribution in [0.4, 0.5) is 16.2 Å². The van der Waals surface area contributed by atoms with E-state index in [1.165, 1.54) is 28.1 Å². The summed E-state index contributed by atoms with van der Waals surface area (Å²) in [4.78, 5) is 46.4. The molecule has 45 heavy (non-hydrogen) atoms. The summed E-state index contributed by atoms with van der Waals surface area (Å²) in [6.07, 6.45) is -4.48. The van der Waals surface area contributed by atoms with E-state index in [0.717, 1.165) is 11.8 Å².